The molecule has 1 atom stereocenters. The maximum atomic E-state index is 12.6. The Labute approximate surface area is 149 Å². The smallest absolute Gasteiger partial charge is 0.317 e. The maximum Gasteiger partial charge on any atom is 0.317 e. The van der Waals surface area contributed by atoms with Gasteiger partial charge in [-0.05, 0) is 37.1 Å². The Balaban J connectivity index is 2.24. The molecule has 0 aliphatic heterocycles. The van der Waals surface area contributed by atoms with Crippen LogP contribution in [-0.4, -0.2) is 42.3 Å². The molecule has 2 aromatic rings. The van der Waals surface area contributed by atoms with E-state index in [1.165, 1.54) is 4.90 Å². The largest absolute Gasteiger partial charge is 0.497 e. The summed E-state index contributed by atoms with van der Waals surface area (Å²) in [5, 5.41) is 13.0. The average molecular weight is 342 g/mol. The van der Waals surface area contributed by atoms with Crippen molar-refractivity contribution < 1.29 is 14.6 Å². The Morgan fingerprint density at radius 2 is 1.68 bits per heavy atom. The van der Waals surface area contributed by atoms with Crippen LogP contribution in [0.3, 0.4) is 0 Å². The lowest BCUT2D eigenvalue weighted by atomic mass is 9.98. The van der Waals surface area contributed by atoms with Crippen LogP contribution >= 0.6 is 0 Å². The molecule has 0 spiro atoms. The number of carbonyl (C=O) groups is 1. The van der Waals surface area contributed by atoms with Crippen molar-refractivity contribution in [3.63, 3.8) is 0 Å². The first-order valence-electron chi connectivity index (χ1n) is 8.23. The minimum absolute atomic E-state index is 0.239. The molecule has 0 saturated heterocycles. The third kappa shape index (κ3) is 5.50. The number of benzene rings is 2. The fourth-order valence-corrected chi connectivity index (χ4v) is 2.69. The molecule has 2 amide bonds. The van der Waals surface area contributed by atoms with Gasteiger partial charge in [0.1, 0.15) is 5.75 Å². The number of urea groups is 1. The van der Waals surface area contributed by atoms with Crippen molar-refractivity contribution in [3.8, 4) is 5.75 Å². The van der Waals surface area contributed by atoms with Gasteiger partial charge < -0.3 is 20.1 Å². The Hall–Kier alpha value is -2.53. The van der Waals surface area contributed by atoms with Crippen LogP contribution in [0.1, 0.15) is 31.0 Å². The number of carbonyl (C=O) groups excluding carboxylic acids is 1. The van der Waals surface area contributed by atoms with E-state index in [0.717, 1.165) is 16.9 Å². The number of nitrogens with one attached hydrogen (secondary N) is 1. The Kier molecular flexibility index (Phi) is 6.04. The van der Waals surface area contributed by atoms with Crippen molar-refractivity contribution in [2.75, 3.05) is 20.7 Å². The molecule has 2 N–H and O–H groups in total. The molecule has 0 aliphatic carbocycles. The van der Waals surface area contributed by atoms with Crippen molar-refractivity contribution >= 4 is 6.03 Å². The van der Waals surface area contributed by atoms with Crippen LogP contribution in [0.2, 0.25) is 0 Å². The predicted molar refractivity (Wildman–Crippen MR) is 98.7 cm³/mol. The summed E-state index contributed by atoms with van der Waals surface area (Å²) < 4.78 is 5.21. The van der Waals surface area contributed by atoms with Gasteiger partial charge in [0, 0.05) is 7.05 Å². The molecular formula is C20H26N2O3. The molecule has 0 bridgehead atoms. The molecule has 0 fully saturated rings. The number of amides is 2. The van der Waals surface area contributed by atoms with E-state index in [9.17, 15) is 9.90 Å². The standard InChI is InChI=1S/C20H26N2O3/c1-20(2,24)14-22(3)19(23)21-18(15-8-6-5-7-9-15)16-10-12-17(25-4)13-11-16/h5-13,18,24H,14H2,1-4H3,(H,21,23). The summed E-state index contributed by atoms with van der Waals surface area (Å²) in [6.45, 7) is 3.59. The lowest BCUT2D eigenvalue weighted by molar-refractivity contribution is 0.0529. The predicted octanol–water partition coefficient (Wildman–Crippen LogP) is 3.20. The van der Waals surface area contributed by atoms with Gasteiger partial charge in [0.15, 0.2) is 0 Å². The van der Waals surface area contributed by atoms with Gasteiger partial charge in [-0.3, -0.25) is 0 Å². The second-order valence-electron chi connectivity index (χ2n) is 6.73. The SMILES string of the molecule is COc1ccc(C(NC(=O)N(C)CC(C)(C)O)c2ccccc2)cc1. The zero-order valence-corrected chi connectivity index (χ0v) is 15.2. The normalized spacial score (nSPS) is 12.4. The van der Waals surface area contributed by atoms with E-state index < -0.39 is 5.60 Å². The molecule has 0 radical (unpaired) electrons. The molecule has 2 rings (SSSR count). The Bertz CT molecular complexity index is 678. The van der Waals surface area contributed by atoms with Crippen molar-refractivity contribution in [2.45, 2.75) is 25.5 Å². The van der Waals surface area contributed by atoms with Crippen LogP contribution in [0, 0.1) is 0 Å². The number of likely N-dealkylation sites (N-methyl/N-ethyl adjacent to an activating group) is 1. The zero-order valence-electron chi connectivity index (χ0n) is 15.2. The summed E-state index contributed by atoms with van der Waals surface area (Å²) in [5.74, 6) is 0.765. The topological polar surface area (TPSA) is 61.8 Å². The summed E-state index contributed by atoms with van der Waals surface area (Å²) in [4.78, 5) is 14.1. The number of rotatable bonds is 6. The van der Waals surface area contributed by atoms with Gasteiger partial charge in [-0.1, -0.05) is 42.5 Å². The molecule has 1 unspecified atom stereocenters. The number of ether oxygens (including phenoxy) is 1. The molecule has 5 heteroatoms. The van der Waals surface area contributed by atoms with Crippen LogP contribution in [0.4, 0.5) is 4.79 Å². The molecule has 0 heterocycles. The Morgan fingerprint density at radius 1 is 1.12 bits per heavy atom. The highest BCUT2D eigenvalue weighted by Gasteiger charge is 2.23. The van der Waals surface area contributed by atoms with E-state index in [4.69, 9.17) is 4.74 Å². The van der Waals surface area contributed by atoms with Gasteiger partial charge in [0.05, 0.1) is 25.3 Å². The van der Waals surface area contributed by atoms with Crippen LogP contribution in [0.5, 0.6) is 5.75 Å². The van der Waals surface area contributed by atoms with Gasteiger partial charge in [0.25, 0.3) is 0 Å². The van der Waals surface area contributed by atoms with Crippen molar-refractivity contribution in [2.24, 2.45) is 0 Å². The van der Waals surface area contributed by atoms with E-state index in [0.29, 0.717) is 0 Å². The molecule has 0 saturated carbocycles. The molecule has 0 aromatic heterocycles. The second-order valence-corrected chi connectivity index (χ2v) is 6.73. The number of hydrogen-bond donors (Lipinski definition) is 2. The third-order valence-electron chi connectivity index (χ3n) is 3.82. The molecule has 5 nitrogen and oxygen atoms in total. The number of aliphatic hydroxyl groups is 1. The first-order chi connectivity index (χ1) is 11.8. The van der Waals surface area contributed by atoms with Gasteiger partial charge >= 0.3 is 6.03 Å². The van der Waals surface area contributed by atoms with Crippen LogP contribution in [-0.2, 0) is 0 Å². The maximum absolute atomic E-state index is 12.6. The minimum Gasteiger partial charge on any atom is -0.497 e. The van der Waals surface area contributed by atoms with Crippen molar-refractivity contribution in [1.29, 1.82) is 0 Å². The fraction of sp³-hybridized carbons (Fsp3) is 0.350. The summed E-state index contributed by atoms with van der Waals surface area (Å²) in [6.07, 6.45) is 0. The Morgan fingerprint density at radius 3 is 2.20 bits per heavy atom. The molecule has 2 aromatic carbocycles. The van der Waals surface area contributed by atoms with Crippen LogP contribution in [0.15, 0.2) is 54.6 Å². The number of methoxy groups -OCH3 is 1. The van der Waals surface area contributed by atoms with Crippen LogP contribution in [0.25, 0.3) is 0 Å². The zero-order chi connectivity index (χ0) is 18.4. The van der Waals surface area contributed by atoms with Crippen LogP contribution < -0.4 is 10.1 Å². The van der Waals surface area contributed by atoms with Gasteiger partial charge in [0.2, 0.25) is 0 Å². The van der Waals surface area contributed by atoms with Crippen molar-refractivity contribution in [3.05, 3.63) is 65.7 Å². The third-order valence-corrected chi connectivity index (χ3v) is 3.82. The van der Waals surface area contributed by atoms with Gasteiger partial charge in [-0.25, -0.2) is 4.79 Å². The summed E-state index contributed by atoms with van der Waals surface area (Å²) in [5.41, 5.74) is 0.990. The fourth-order valence-electron chi connectivity index (χ4n) is 2.69. The van der Waals surface area contributed by atoms with E-state index in [1.807, 2.05) is 54.6 Å². The lowest BCUT2D eigenvalue weighted by Crippen LogP contribution is -2.45. The van der Waals surface area contributed by atoms with Gasteiger partial charge in [-0.2, -0.15) is 0 Å². The lowest BCUT2D eigenvalue weighted by Gasteiger charge is -2.28. The monoisotopic (exact) mass is 342 g/mol. The highest BCUT2D eigenvalue weighted by atomic mass is 16.5. The van der Waals surface area contributed by atoms with E-state index >= 15 is 0 Å². The minimum atomic E-state index is -0.950. The summed E-state index contributed by atoms with van der Waals surface area (Å²) in [7, 11) is 3.29. The van der Waals surface area contributed by atoms with E-state index in [1.54, 1.807) is 28.0 Å². The summed E-state index contributed by atoms with van der Waals surface area (Å²) in [6, 6.07) is 16.9. The molecule has 0 aliphatic rings. The van der Waals surface area contributed by atoms with E-state index in [2.05, 4.69) is 5.32 Å². The van der Waals surface area contributed by atoms with E-state index in [-0.39, 0.29) is 18.6 Å². The molecule has 134 valence electrons. The van der Waals surface area contributed by atoms with Gasteiger partial charge in [-0.15, -0.1) is 0 Å². The highest BCUT2D eigenvalue weighted by Crippen LogP contribution is 2.24. The average Bonchev–Trinajstić information content (AvgIpc) is 2.59. The molecular weight excluding hydrogens is 316 g/mol. The second kappa shape index (κ2) is 8.03. The molecule has 25 heavy (non-hydrogen) atoms. The first-order valence-corrected chi connectivity index (χ1v) is 8.23. The first kappa shape index (κ1) is 18.8. The van der Waals surface area contributed by atoms with Crippen molar-refractivity contribution in [1.82, 2.24) is 10.2 Å². The number of nitrogens with zero attached hydrogens (tertiary/aromatic N) is 1. The highest BCUT2D eigenvalue weighted by molar-refractivity contribution is 5.75. The quantitative estimate of drug-likeness (QED) is 0.847. The summed E-state index contributed by atoms with van der Waals surface area (Å²) >= 11 is 0. The number of hydrogen-bond acceptors (Lipinski definition) is 3.